The highest BCUT2D eigenvalue weighted by Gasteiger charge is 2.26. The minimum absolute atomic E-state index is 0.194. The van der Waals surface area contributed by atoms with Crippen LogP contribution in [0, 0.1) is 10.4 Å². The van der Waals surface area contributed by atoms with Crippen molar-refractivity contribution in [1.29, 1.82) is 0 Å². The Morgan fingerprint density at radius 3 is 1.50 bits per heavy atom. The summed E-state index contributed by atoms with van der Waals surface area (Å²) in [4.78, 5) is 20.7. The molecule has 0 unspecified atom stereocenters. The summed E-state index contributed by atoms with van der Waals surface area (Å²) < 4.78 is -0.389. The van der Waals surface area contributed by atoms with Gasteiger partial charge in [-0.05, 0) is 0 Å². The van der Waals surface area contributed by atoms with Gasteiger partial charge in [0, 0.05) is 0 Å². The molecular weight excluding hydrogens is 196 g/mol. The van der Waals surface area contributed by atoms with Gasteiger partial charge in [0.15, 0.2) is 0 Å². The van der Waals surface area contributed by atoms with E-state index >= 15 is 0 Å². The number of carbonyl (C=O) groups is 2. The van der Waals surface area contributed by atoms with Gasteiger partial charge in [-0.15, -0.1) is 0 Å². The summed E-state index contributed by atoms with van der Waals surface area (Å²) in [5, 5.41) is 38.5. The fraction of sp³-hybridized carbons (Fsp3) is 0. The van der Waals surface area contributed by atoms with Crippen molar-refractivity contribution >= 4 is 11.9 Å². The van der Waals surface area contributed by atoms with E-state index in [0.29, 0.717) is 12.4 Å². The number of nitrogens with zero attached hydrogens (tertiary/aromatic N) is 2. The lowest BCUT2D eigenvalue weighted by Gasteiger charge is -2.02. The van der Waals surface area contributed by atoms with Crippen molar-refractivity contribution in [2.75, 3.05) is 0 Å². The van der Waals surface area contributed by atoms with Gasteiger partial charge in [0.25, 0.3) is 12.4 Å². The molecule has 0 aliphatic carbocycles. The van der Waals surface area contributed by atoms with Crippen molar-refractivity contribution in [3.8, 4) is 0 Å². The molecule has 0 aromatic carbocycles. The third-order valence-electron chi connectivity index (χ3n) is 1.39. The average Bonchev–Trinajstić information content (AvgIpc) is 2.07. The zero-order valence-electron chi connectivity index (χ0n) is 6.58. The molecule has 1 aromatic heterocycles. The third-order valence-corrected chi connectivity index (χ3v) is 1.39. The minimum Gasteiger partial charge on any atom is -0.618 e. The van der Waals surface area contributed by atoms with Crippen molar-refractivity contribution in [2.24, 2.45) is 0 Å². The Morgan fingerprint density at radius 2 is 1.29 bits per heavy atom. The Bertz CT molecular complexity index is 375. The quantitative estimate of drug-likeness (QED) is 0.434. The number of rotatable bonds is 2. The zero-order chi connectivity index (χ0) is 10.9. The summed E-state index contributed by atoms with van der Waals surface area (Å²) >= 11 is 0. The maximum atomic E-state index is 10.9. The SMILES string of the molecule is O=C(O)c1c[n+]([O-])c(C(=O)O)c[n+]1[O-]. The first-order valence-corrected chi connectivity index (χ1v) is 3.26. The van der Waals surface area contributed by atoms with Crippen molar-refractivity contribution in [3.05, 3.63) is 34.2 Å². The molecule has 0 aliphatic heterocycles. The van der Waals surface area contributed by atoms with Gasteiger partial charge in [-0.3, -0.25) is 0 Å². The monoisotopic (exact) mass is 200 g/mol. The van der Waals surface area contributed by atoms with Gasteiger partial charge >= 0.3 is 23.3 Å². The van der Waals surface area contributed by atoms with Crippen LogP contribution in [0.15, 0.2) is 12.4 Å². The van der Waals surface area contributed by atoms with Crippen LogP contribution in [0.4, 0.5) is 0 Å². The van der Waals surface area contributed by atoms with E-state index in [1.165, 1.54) is 0 Å². The van der Waals surface area contributed by atoms with E-state index in [1.807, 2.05) is 0 Å². The van der Waals surface area contributed by atoms with E-state index in [9.17, 15) is 20.0 Å². The zero-order valence-corrected chi connectivity index (χ0v) is 6.58. The predicted molar refractivity (Wildman–Crippen MR) is 38.3 cm³/mol. The van der Waals surface area contributed by atoms with Crippen LogP contribution in [0.5, 0.6) is 0 Å². The van der Waals surface area contributed by atoms with Gasteiger partial charge in [0.2, 0.25) is 0 Å². The Labute approximate surface area is 76.4 Å². The number of carboxylic acid groups (broad SMARTS) is 2. The molecule has 0 amide bonds. The largest absolute Gasteiger partial charge is 0.618 e. The standard InChI is InChI=1S/C6H4N2O6/c9-5(10)3-1-7(13)4(6(11)12)2-8(3)14/h1-2H,(H,9,10)(H,11,12). The van der Waals surface area contributed by atoms with Gasteiger partial charge in [-0.25, -0.2) is 9.59 Å². The first kappa shape index (κ1) is 9.71. The van der Waals surface area contributed by atoms with Crippen molar-refractivity contribution in [3.63, 3.8) is 0 Å². The molecule has 0 saturated carbocycles. The van der Waals surface area contributed by atoms with E-state index in [1.54, 1.807) is 0 Å². The van der Waals surface area contributed by atoms with E-state index < -0.39 is 23.3 Å². The summed E-state index contributed by atoms with van der Waals surface area (Å²) in [6, 6.07) is 0. The number of carboxylic acids is 2. The molecule has 74 valence electrons. The lowest BCUT2D eigenvalue weighted by Crippen LogP contribution is -2.46. The average molecular weight is 200 g/mol. The summed E-state index contributed by atoms with van der Waals surface area (Å²) in [6.45, 7) is 0. The van der Waals surface area contributed by atoms with E-state index in [4.69, 9.17) is 10.2 Å². The lowest BCUT2D eigenvalue weighted by atomic mass is 10.4. The Balaban J connectivity index is 3.38. The van der Waals surface area contributed by atoms with Crippen molar-refractivity contribution < 1.29 is 29.3 Å². The van der Waals surface area contributed by atoms with Gasteiger partial charge in [0.1, 0.15) is 0 Å². The first-order chi connectivity index (χ1) is 6.43. The second kappa shape index (κ2) is 3.17. The molecule has 0 spiro atoms. The third kappa shape index (κ3) is 1.53. The van der Waals surface area contributed by atoms with Crippen LogP contribution in [0.2, 0.25) is 0 Å². The number of aromatic carboxylic acids is 2. The highest BCUT2D eigenvalue weighted by Crippen LogP contribution is 1.91. The van der Waals surface area contributed by atoms with Crippen LogP contribution in [0.25, 0.3) is 0 Å². The summed E-state index contributed by atoms with van der Waals surface area (Å²) in [5.41, 5.74) is -1.69. The van der Waals surface area contributed by atoms with Gasteiger partial charge in [-0.1, -0.05) is 0 Å². The maximum absolute atomic E-state index is 10.9. The molecule has 14 heavy (non-hydrogen) atoms. The van der Waals surface area contributed by atoms with E-state index in [0.717, 1.165) is 0 Å². The Morgan fingerprint density at radius 1 is 1.00 bits per heavy atom. The molecule has 0 fully saturated rings. The highest BCUT2D eigenvalue weighted by molar-refractivity contribution is 5.84. The first-order valence-electron chi connectivity index (χ1n) is 3.26. The molecule has 0 radical (unpaired) electrons. The molecule has 1 heterocycles. The minimum atomic E-state index is -1.61. The van der Waals surface area contributed by atoms with Gasteiger partial charge < -0.3 is 20.6 Å². The molecule has 8 nitrogen and oxygen atoms in total. The highest BCUT2D eigenvalue weighted by atomic mass is 16.5. The molecule has 2 N–H and O–H groups in total. The number of hydrogen-bond donors (Lipinski definition) is 2. The smallest absolute Gasteiger partial charge is 0.409 e. The molecule has 1 aromatic rings. The van der Waals surface area contributed by atoms with Crippen LogP contribution in [-0.4, -0.2) is 22.2 Å². The molecule has 0 atom stereocenters. The van der Waals surface area contributed by atoms with Crippen molar-refractivity contribution in [1.82, 2.24) is 0 Å². The fourth-order valence-corrected chi connectivity index (χ4v) is 0.774. The number of hydrogen-bond acceptors (Lipinski definition) is 4. The Hall–Kier alpha value is -2.38. The molecular formula is C6H4N2O6. The second-order valence-corrected chi connectivity index (χ2v) is 2.29. The van der Waals surface area contributed by atoms with Gasteiger partial charge in [-0.2, -0.15) is 9.46 Å². The maximum Gasteiger partial charge on any atom is 0.409 e. The molecule has 8 heteroatoms. The van der Waals surface area contributed by atoms with Crippen LogP contribution >= 0.6 is 0 Å². The van der Waals surface area contributed by atoms with E-state index in [-0.39, 0.29) is 9.46 Å². The topological polar surface area (TPSA) is 128 Å². The van der Waals surface area contributed by atoms with Crippen LogP contribution in [-0.2, 0) is 0 Å². The number of aromatic nitrogens is 2. The van der Waals surface area contributed by atoms with E-state index in [2.05, 4.69) is 0 Å². The molecule has 1 rings (SSSR count). The normalized spacial score (nSPS) is 9.71. The van der Waals surface area contributed by atoms with Crippen LogP contribution < -0.4 is 9.46 Å². The van der Waals surface area contributed by atoms with Gasteiger partial charge in [0.05, 0.1) is 0 Å². The molecule has 0 saturated heterocycles. The summed E-state index contributed by atoms with van der Waals surface area (Å²) in [7, 11) is 0. The van der Waals surface area contributed by atoms with Crippen molar-refractivity contribution in [2.45, 2.75) is 0 Å². The Kier molecular flexibility index (Phi) is 2.19. The van der Waals surface area contributed by atoms with Crippen LogP contribution in [0.1, 0.15) is 21.0 Å². The predicted octanol–water partition coefficient (Wildman–Crippen LogP) is -1.65. The summed E-state index contributed by atoms with van der Waals surface area (Å²) in [5.74, 6) is -3.22. The lowest BCUT2D eigenvalue weighted by molar-refractivity contribution is -0.668. The summed E-state index contributed by atoms with van der Waals surface area (Å²) in [6.07, 6.45) is 0.775. The molecule has 0 bridgehead atoms. The van der Waals surface area contributed by atoms with Crippen LogP contribution in [0.3, 0.4) is 0 Å². The fourth-order valence-electron chi connectivity index (χ4n) is 0.774. The molecule has 0 aliphatic rings. The second-order valence-electron chi connectivity index (χ2n) is 2.29.